The molecule has 1 saturated carbocycles. The molecule has 0 spiro atoms. The quantitative estimate of drug-likeness (QED) is 0.891. The fraction of sp³-hybridized carbons (Fsp3) is 0.600. The second-order valence-corrected chi connectivity index (χ2v) is 6.42. The number of hydrogen-bond donors (Lipinski definition) is 1. The third-order valence-corrected chi connectivity index (χ3v) is 4.70. The summed E-state index contributed by atoms with van der Waals surface area (Å²) >= 11 is 0. The smallest absolute Gasteiger partial charge is 0.224 e. The molecule has 0 saturated heterocycles. The summed E-state index contributed by atoms with van der Waals surface area (Å²) in [7, 11) is 0. The van der Waals surface area contributed by atoms with Crippen LogP contribution in [-0.2, 0) is 11.3 Å². The van der Waals surface area contributed by atoms with E-state index < -0.39 is 0 Å². The first-order valence-electron chi connectivity index (χ1n) is 6.46. The number of carbonyl (C=O) groups excluding carboxylic acids is 1. The maximum Gasteiger partial charge on any atom is 0.224 e. The van der Waals surface area contributed by atoms with Crippen LogP contribution >= 0.6 is 0 Å². The van der Waals surface area contributed by atoms with Crippen LogP contribution in [0.25, 0.3) is 0 Å². The van der Waals surface area contributed by atoms with Gasteiger partial charge < -0.3 is 5.32 Å². The number of carbonyl (C=O) groups is 1. The molecular formula is C15H22N2O. The number of amides is 1. The monoisotopic (exact) mass is 246 g/mol. The molecule has 0 atom stereocenters. The van der Waals surface area contributed by atoms with Crippen LogP contribution in [-0.4, -0.2) is 10.9 Å². The Bertz CT molecular complexity index is 463. The first kappa shape index (κ1) is 13.1. The molecule has 1 N–H and O–H groups in total. The Labute approximate surface area is 109 Å². The molecule has 0 aromatic carbocycles. The molecule has 0 bridgehead atoms. The minimum Gasteiger partial charge on any atom is -0.350 e. The van der Waals surface area contributed by atoms with Crippen molar-refractivity contribution in [2.24, 2.45) is 16.7 Å². The highest BCUT2D eigenvalue weighted by Crippen LogP contribution is 2.68. The average Bonchev–Trinajstić information content (AvgIpc) is 2.66. The van der Waals surface area contributed by atoms with Crippen LogP contribution in [0, 0.1) is 23.7 Å². The summed E-state index contributed by atoms with van der Waals surface area (Å²) in [6, 6.07) is 3.96. The lowest BCUT2D eigenvalue weighted by atomic mass is 10.0. The molecule has 0 aliphatic heterocycles. The van der Waals surface area contributed by atoms with Crippen molar-refractivity contribution in [1.29, 1.82) is 0 Å². The molecular weight excluding hydrogens is 224 g/mol. The number of aromatic nitrogens is 1. The molecule has 1 amide bonds. The van der Waals surface area contributed by atoms with E-state index in [0.717, 1.165) is 5.69 Å². The van der Waals surface area contributed by atoms with Gasteiger partial charge >= 0.3 is 0 Å². The second kappa shape index (κ2) is 4.08. The van der Waals surface area contributed by atoms with Crippen molar-refractivity contribution >= 4 is 5.91 Å². The predicted molar refractivity (Wildman–Crippen MR) is 71.9 cm³/mol. The highest BCUT2D eigenvalue weighted by molar-refractivity contribution is 5.84. The number of aryl methyl sites for hydroxylation is 1. The van der Waals surface area contributed by atoms with E-state index in [1.165, 1.54) is 5.56 Å². The number of nitrogens with zero attached hydrogens (tertiary/aromatic N) is 1. The van der Waals surface area contributed by atoms with Crippen LogP contribution in [0.15, 0.2) is 18.3 Å². The molecule has 0 unspecified atom stereocenters. The van der Waals surface area contributed by atoms with Gasteiger partial charge in [-0.2, -0.15) is 0 Å². The second-order valence-electron chi connectivity index (χ2n) is 6.42. The summed E-state index contributed by atoms with van der Waals surface area (Å²) in [6.45, 7) is 11.2. The van der Waals surface area contributed by atoms with Gasteiger partial charge in [-0.25, -0.2) is 0 Å². The van der Waals surface area contributed by atoms with Gasteiger partial charge in [0.1, 0.15) is 0 Å². The zero-order valence-corrected chi connectivity index (χ0v) is 11.9. The molecule has 2 rings (SSSR count). The minimum absolute atomic E-state index is 0.0944. The van der Waals surface area contributed by atoms with Crippen molar-refractivity contribution in [3.05, 3.63) is 29.6 Å². The van der Waals surface area contributed by atoms with Gasteiger partial charge in [0.15, 0.2) is 0 Å². The summed E-state index contributed by atoms with van der Waals surface area (Å²) in [4.78, 5) is 16.4. The lowest BCUT2D eigenvalue weighted by Crippen LogP contribution is -2.27. The Kier molecular flexibility index (Phi) is 2.96. The molecule has 1 aliphatic carbocycles. The summed E-state index contributed by atoms with van der Waals surface area (Å²) in [6.07, 6.45) is 1.78. The Morgan fingerprint density at radius 2 is 1.94 bits per heavy atom. The van der Waals surface area contributed by atoms with E-state index in [-0.39, 0.29) is 22.7 Å². The Morgan fingerprint density at radius 1 is 1.33 bits per heavy atom. The molecule has 3 heteroatoms. The fourth-order valence-electron chi connectivity index (χ4n) is 2.83. The highest BCUT2D eigenvalue weighted by Gasteiger charge is 2.68. The largest absolute Gasteiger partial charge is 0.350 e. The van der Waals surface area contributed by atoms with Crippen molar-refractivity contribution in [3.63, 3.8) is 0 Å². The summed E-state index contributed by atoms with van der Waals surface area (Å²) in [5, 5.41) is 3.00. The van der Waals surface area contributed by atoms with Crippen LogP contribution in [0.2, 0.25) is 0 Å². The van der Waals surface area contributed by atoms with Gasteiger partial charge in [-0.05, 0) is 35.4 Å². The summed E-state index contributed by atoms with van der Waals surface area (Å²) in [5.41, 5.74) is 2.27. The molecule has 1 aliphatic rings. The van der Waals surface area contributed by atoms with Crippen molar-refractivity contribution in [1.82, 2.24) is 10.3 Å². The molecule has 1 aromatic rings. The van der Waals surface area contributed by atoms with E-state index >= 15 is 0 Å². The summed E-state index contributed by atoms with van der Waals surface area (Å²) < 4.78 is 0. The topological polar surface area (TPSA) is 42.0 Å². The first-order valence-corrected chi connectivity index (χ1v) is 6.46. The zero-order chi connectivity index (χ0) is 13.6. The zero-order valence-electron chi connectivity index (χ0n) is 11.9. The third kappa shape index (κ3) is 2.02. The van der Waals surface area contributed by atoms with E-state index in [4.69, 9.17) is 0 Å². The number of rotatable bonds is 3. The SMILES string of the molecule is Cc1ccnc(CNC(=O)C2C(C)(C)C2(C)C)c1. The number of nitrogens with one attached hydrogen (secondary N) is 1. The van der Waals surface area contributed by atoms with E-state index in [1.807, 2.05) is 19.1 Å². The maximum absolute atomic E-state index is 12.2. The van der Waals surface area contributed by atoms with Gasteiger partial charge in [0.05, 0.1) is 12.2 Å². The number of pyridine rings is 1. The molecule has 1 fully saturated rings. The lowest BCUT2D eigenvalue weighted by Gasteiger charge is -2.06. The van der Waals surface area contributed by atoms with Crippen molar-refractivity contribution < 1.29 is 4.79 Å². The van der Waals surface area contributed by atoms with Gasteiger partial charge in [-0.3, -0.25) is 9.78 Å². The normalized spacial score (nSPS) is 20.5. The number of hydrogen-bond acceptors (Lipinski definition) is 2. The first-order chi connectivity index (χ1) is 8.26. The van der Waals surface area contributed by atoms with E-state index in [2.05, 4.69) is 38.0 Å². The van der Waals surface area contributed by atoms with Crippen LogP contribution in [0.1, 0.15) is 39.0 Å². The average molecular weight is 246 g/mol. The van der Waals surface area contributed by atoms with Gasteiger partial charge in [0.25, 0.3) is 0 Å². The van der Waals surface area contributed by atoms with Gasteiger partial charge in [-0.15, -0.1) is 0 Å². The molecule has 3 nitrogen and oxygen atoms in total. The van der Waals surface area contributed by atoms with Gasteiger partial charge in [0, 0.05) is 12.1 Å². The highest BCUT2D eigenvalue weighted by atomic mass is 16.2. The molecule has 18 heavy (non-hydrogen) atoms. The van der Waals surface area contributed by atoms with Crippen molar-refractivity contribution in [2.45, 2.75) is 41.2 Å². The Hall–Kier alpha value is -1.38. The maximum atomic E-state index is 12.2. The molecule has 0 radical (unpaired) electrons. The van der Waals surface area contributed by atoms with Gasteiger partial charge in [-0.1, -0.05) is 27.7 Å². The van der Waals surface area contributed by atoms with E-state index in [9.17, 15) is 4.79 Å². The lowest BCUT2D eigenvalue weighted by molar-refractivity contribution is -0.123. The fourth-order valence-corrected chi connectivity index (χ4v) is 2.83. The Balaban J connectivity index is 1.95. The summed E-state index contributed by atoms with van der Waals surface area (Å²) in [5.74, 6) is 0.253. The van der Waals surface area contributed by atoms with Crippen LogP contribution in [0.3, 0.4) is 0 Å². The van der Waals surface area contributed by atoms with Gasteiger partial charge in [0.2, 0.25) is 5.91 Å². The van der Waals surface area contributed by atoms with Crippen LogP contribution in [0.5, 0.6) is 0 Å². The van der Waals surface area contributed by atoms with Crippen LogP contribution in [0.4, 0.5) is 0 Å². The Morgan fingerprint density at radius 3 is 2.44 bits per heavy atom. The van der Waals surface area contributed by atoms with Crippen molar-refractivity contribution in [2.75, 3.05) is 0 Å². The molecule has 98 valence electrons. The van der Waals surface area contributed by atoms with E-state index in [0.29, 0.717) is 6.54 Å². The minimum atomic E-state index is 0.0944. The third-order valence-electron chi connectivity index (χ3n) is 4.70. The van der Waals surface area contributed by atoms with Crippen LogP contribution < -0.4 is 5.32 Å². The standard InChI is InChI=1S/C15H22N2O/c1-10-6-7-16-11(8-10)9-17-13(18)12-14(2,3)15(12,4)5/h6-8,12H,9H2,1-5H3,(H,17,18). The molecule has 1 heterocycles. The predicted octanol–water partition coefficient (Wildman–Crippen LogP) is 2.69. The van der Waals surface area contributed by atoms with Crippen molar-refractivity contribution in [3.8, 4) is 0 Å². The molecule has 1 aromatic heterocycles. The van der Waals surface area contributed by atoms with E-state index in [1.54, 1.807) is 6.20 Å².